The Morgan fingerprint density at radius 3 is 0.840 bits per heavy atom. The van der Waals surface area contributed by atoms with Gasteiger partial charge in [-0.15, -0.1) is 0 Å². The minimum atomic E-state index is -4.97. The molecule has 0 rings (SSSR count). The van der Waals surface area contributed by atoms with Crippen molar-refractivity contribution in [2.45, 2.75) is 393 Å². The molecule has 0 aliphatic rings. The molecule has 0 aliphatic carbocycles. The first kappa shape index (κ1) is 96.8. The molecule has 0 saturated carbocycles. The van der Waals surface area contributed by atoms with E-state index in [2.05, 4.69) is 88.5 Å². The lowest BCUT2D eigenvalue weighted by molar-refractivity contribution is -0.161. The number of phosphoric acid groups is 2. The molecule has 0 aliphatic heterocycles. The standard InChI is InChI=1S/C81H148O17P2/c1-5-9-13-17-21-25-29-33-36-37-40-43-46-50-54-58-62-66-79(84)92-71-76(97-80(85)67-63-59-55-51-47-41-32-28-24-20-16-12-8-4)73-95-99(87,88)93-69-75(82)70-94-100(89,90)96-74-77(98-81(86)68-64-60-56-52-48-44-39-35-31-27-23-19-15-11-7-3)72-91-78(83)65-61-57-53-49-45-42-38-34-30-26-22-18-14-10-6-2/h9,13,16,20-21,25,28,32-33,36,75-77,82H,5-8,10-12,14-15,17-19,22-24,26-27,29-31,34-35,37-74H2,1-4H3,(H,87,88)(H,89,90)/b13-9-,20-16-,25-21-,32-28-,36-33-. The predicted molar refractivity (Wildman–Crippen MR) is 409 cm³/mol. The van der Waals surface area contributed by atoms with E-state index in [1.54, 1.807) is 0 Å². The van der Waals surface area contributed by atoms with Crippen LogP contribution in [0.2, 0.25) is 0 Å². The first-order valence-corrected chi connectivity index (χ1v) is 43.5. The van der Waals surface area contributed by atoms with Crippen molar-refractivity contribution in [3.8, 4) is 0 Å². The molecule has 0 aromatic carbocycles. The SMILES string of the molecule is CC/C=C\C/C=C\C/C=C\CCCCCCCCCC(=O)OCC(COP(=O)(O)OCC(O)COP(=O)(O)OCC(COC(=O)CCCCCCCCCCCCCCCCC)OC(=O)CCCCCCCCCCCCCCCCC)OC(=O)CCCCCCC/C=C\C/C=C\CCC. The monoisotopic (exact) mass is 1460 g/mol. The quantitative estimate of drug-likeness (QED) is 0.0169. The number of hydrogen-bond acceptors (Lipinski definition) is 15. The first-order chi connectivity index (χ1) is 48.7. The van der Waals surface area contributed by atoms with Crippen LogP contribution < -0.4 is 0 Å². The summed E-state index contributed by atoms with van der Waals surface area (Å²) in [6, 6.07) is 0. The zero-order valence-corrected chi connectivity index (χ0v) is 65.7. The summed E-state index contributed by atoms with van der Waals surface area (Å²) >= 11 is 0. The van der Waals surface area contributed by atoms with Crippen molar-refractivity contribution in [2.24, 2.45) is 0 Å². The molecule has 0 bridgehead atoms. The lowest BCUT2D eigenvalue weighted by Crippen LogP contribution is -2.30. The number of phosphoric ester groups is 2. The Hall–Kier alpha value is -3.24. The topological polar surface area (TPSA) is 237 Å². The first-order valence-electron chi connectivity index (χ1n) is 40.5. The van der Waals surface area contributed by atoms with Crippen LogP contribution in [0, 0.1) is 0 Å². The summed E-state index contributed by atoms with van der Waals surface area (Å²) in [5.41, 5.74) is 0. The number of aliphatic hydroxyl groups excluding tert-OH is 1. The molecule has 0 heterocycles. The van der Waals surface area contributed by atoms with Gasteiger partial charge in [-0.25, -0.2) is 9.13 Å². The Labute approximate surface area is 610 Å². The summed E-state index contributed by atoms with van der Waals surface area (Å²) in [6.07, 6.45) is 73.3. The maximum atomic E-state index is 13.1. The van der Waals surface area contributed by atoms with Crippen molar-refractivity contribution < 1.29 is 80.2 Å². The van der Waals surface area contributed by atoms with Crippen molar-refractivity contribution >= 4 is 39.5 Å². The molecule has 0 spiro atoms. The summed E-state index contributed by atoms with van der Waals surface area (Å²) in [5.74, 6) is -2.16. The summed E-state index contributed by atoms with van der Waals surface area (Å²) in [7, 11) is -9.94. The van der Waals surface area contributed by atoms with Gasteiger partial charge in [-0.05, 0) is 83.5 Å². The molecule has 5 unspecified atom stereocenters. The smallest absolute Gasteiger partial charge is 0.462 e. The van der Waals surface area contributed by atoms with Gasteiger partial charge < -0.3 is 33.8 Å². The van der Waals surface area contributed by atoms with Crippen LogP contribution in [0.25, 0.3) is 0 Å². The van der Waals surface area contributed by atoms with Crippen molar-refractivity contribution in [1.29, 1.82) is 0 Å². The maximum absolute atomic E-state index is 13.1. The van der Waals surface area contributed by atoms with Gasteiger partial charge in [0.2, 0.25) is 0 Å². The van der Waals surface area contributed by atoms with E-state index in [0.29, 0.717) is 25.7 Å². The van der Waals surface area contributed by atoms with E-state index < -0.39 is 97.5 Å². The van der Waals surface area contributed by atoms with Crippen LogP contribution in [0.3, 0.4) is 0 Å². The fourth-order valence-corrected chi connectivity index (χ4v) is 12.9. The Morgan fingerprint density at radius 2 is 0.540 bits per heavy atom. The van der Waals surface area contributed by atoms with Gasteiger partial charge in [0.25, 0.3) is 0 Å². The van der Waals surface area contributed by atoms with Gasteiger partial charge in [0.1, 0.15) is 19.3 Å². The highest BCUT2D eigenvalue weighted by atomic mass is 31.2. The number of carbonyl (C=O) groups excluding carboxylic acids is 4. The van der Waals surface area contributed by atoms with E-state index in [-0.39, 0.29) is 25.7 Å². The summed E-state index contributed by atoms with van der Waals surface area (Å²) < 4.78 is 68.6. The van der Waals surface area contributed by atoms with E-state index in [1.807, 2.05) is 0 Å². The van der Waals surface area contributed by atoms with Crippen LogP contribution in [-0.2, 0) is 65.4 Å². The van der Waals surface area contributed by atoms with E-state index in [9.17, 15) is 43.2 Å². The molecule has 584 valence electrons. The number of carbonyl (C=O) groups is 4. The number of aliphatic hydroxyl groups is 1. The molecule has 0 amide bonds. The normalized spacial score (nSPS) is 14.2. The molecular weight excluding hydrogens is 1310 g/mol. The van der Waals surface area contributed by atoms with Gasteiger partial charge in [0, 0.05) is 25.7 Å². The van der Waals surface area contributed by atoms with Crippen LogP contribution in [0.15, 0.2) is 60.8 Å². The van der Waals surface area contributed by atoms with Gasteiger partial charge in [-0.2, -0.15) is 0 Å². The minimum Gasteiger partial charge on any atom is -0.462 e. The molecule has 0 aromatic heterocycles. The highest BCUT2D eigenvalue weighted by Gasteiger charge is 2.30. The Morgan fingerprint density at radius 1 is 0.290 bits per heavy atom. The fraction of sp³-hybridized carbons (Fsp3) is 0.827. The fourth-order valence-electron chi connectivity index (χ4n) is 11.3. The maximum Gasteiger partial charge on any atom is 0.472 e. The number of allylic oxidation sites excluding steroid dienone is 10. The van der Waals surface area contributed by atoms with Crippen LogP contribution in [0.4, 0.5) is 0 Å². The lowest BCUT2D eigenvalue weighted by Gasteiger charge is -2.21. The average molecular weight is 1460 g/mol. The van der Waals surface area contributed by atoms with Crippen LogP contribution in [0.1, 0.15) is 374 Å². The highest BCUT2D eigenvalue weighted by Crippen LogP contribution is 2.45. The van der Waals surface area contributed by atoms with Crippen molar-refractivity contribution in [2.75, 3.05) is 39.6 Å². The number of esters is 4. The minimum absolute atomic E-state index is 0.0799. The van der Waals surface area contributed by atoms with E-state index in [0.717, 1.165) is 161 Å². The molecule has 100 heavy (non-hydrogen) atoms. The molecule has 0 aromatic rings. The van der Waals surface area contributed by atoms with Gasteiger partial charge >= 0.3 is 39.5 Å². The van der Waals surface area contributed by atoms with E-state index in [4.69, 9.17) is 37.0 Å². The largest absolute Gasteiger partial charge is 0.472 e. The Balaban J connectivity index is 5.31. The van der Waals surface area contributed by atoms with Crippen LogP contribution >= 0.6 is 15.6 Å². The second-order valence-electron chi connectivity index (χ2n) is 27.3. The van der Waals surface area contributed by atoms with Gasteiger partial charge in [0.05, 0.1) is 26.4 Å². The molecule has 17 nitrogen and oxygen atoms in total. The van der Waals surface area contributed by atoms with Crippen LogP contribution in [-0.4, -0.2) is 96.7 Å². The third-order valence-corrected chi connectivity index (χ3v) is 19.4. The van der Waals surface area contributed by atoms with Gasteiger partial charge in [-0.3, -0.25) is 37.3 Å². The van der Waals surface area contributed by atoms with Crippen molar-refractivity contribution in [3.63, 3.8) is 0 Å². The molecular formula is C81H148O17P2. The third-order valence-electron chi connectivity index (χ3n) is 17.5. The average Bonchev–Trinajstić information content (AvgIpc) is 0.965. The molecule has 3 N–H and O–H groups in total. The number of unbranched alkanes of at least 4 members (excludes halogenated alkanes) is 41. The molecule has 19 heteroatoms. The van der Waals surface area contributed by atoms with Crippen molar-refractivity contribution in [3.05, 3.63) is 60.8 Å². The lowest BCUT2D eigenvalue weighted by atomic mass is 10.0. The number of ether oxygens (including phenoxy) is 4. The second kappa shape index (κ2) is 74.0. The highest BCUT2D eigenvalue weighted by molar-refractivity contribution is 7.47. The second-order valence-corrected chi connectivity index (χ2v) is 30.3. The third kappa shape index (κ3) is 73.1. The summed E-state index contributed by atoms with van der Waals surface area (Å²) in [4.78, 5) is 73.0. The molecule has 0 radical (unpaired) electrons. The summed E-state index contributed by atoms with van der Waals surface area (Å²) in [6.45, 7) is 4.76. The van der Waals surface area contributed by atoms with Gasteiger partial charge in [-0.1, -0.05) is 326 Å². The van der Waals surface area contributed by atoms with E-state index >= 15 is 0 Å². The number of hydrogen-bond donors (Lipinski definition) is 3. The number of rotatable bonds is 77. The summed E-state index contributed by atoms with van der Waals surface area (Å²) in [5, 5.41) is 10.6. The van der Waals surface area contributed by atoms with Gasteiger partial charge in [0.15, 0.2) is 12.2 Å². The van der Waals surface area contributed by atoms with E-state index in [1.165, 1.54) is 135 Å². The zero-order valence-electron chi connectivity index (χ0n) is 63.9. The Kier molecular flexibility index (Phi) is 71.6. The van der Waals surface area contributed by atoms with Crippen molar-refractivity contribution in [1.82, 2.24) is 0 Å². The molecule has 5 atom stereocenters. The molecule has 0 saturated heterocycles. The molecule has 0 fully saturated rings. The zero-order chi connectivity index (χ0) is 73.2. The predicted octanol–water partition coefficient (Wildman–Crippen LogP) is 23.5. The Bertz CT molecular complexity index is 2130. The van der Waals surface area contributed by atoms with Crippen LogP contribution in [0.5, 0.6) is 0 Å².